The number of aromatic nitrogens is 3. The molecule has 1 aromatic heterocycles. The largest absolute Gasteiger partial charge is 0.391 e. The molecule has 17 heavy (non-hydrogen) atoms. The van der Waals surface area contributed by atoms with Crippen LogP contribution in [0.5, 0.6) is 0 Å². The van der Waals surface area contributed by atoms with E-state index < -0.39 is 6.10 Å². The van der Waals surface area contributed by atoms with Gasteiger partial charge in [-0.1, -0.05) is 13.8 Å². The van der Waals surface area contributed by atoms with Crippen LogP contribution in [-0.4, -0.2) is 50.5 Å². The van der Waals surface area contributed by atoms with Crippen molar-refractivity contribution < 1.29 is 5.11 Å². The standard InChI is InChI=1S/C12H24N4O/c1-6-12(7-2,15(3)4)10(17)8-11-13-9-14-16(11)5/h9-10,17H,6-8H2,1-5H3. The SMILES string of the molecule is CCC(CC)(C(O)Cc1ncnn1C)N(C)C. The minimum Gasteiger partial charge on any atom is -0.391 e. The van der Waals surface area contributed by atoms with Crippen LogP contribution in [0.25, 0.3) is 0 Å². The van der Waals surface area contributed by atoms with Crippen molar-refractivity contribution >= 4 is 0 Å². The molecular formula is C12H24N4O. The maximum atomic E-state index is 10.5. The van der Waals surface area contributed by atoms with E-state index in [1.807, 2.05) is 21.1 Å². The van der Waals surface area contributed by atoms with E-state index in [2.05, 4.69) is 28.8 Å². The molecule has 5 nitrogen and oxygen atoms in total. The average molecular weight is 240 g/mol. The molecule has 98 valence electrons. The van der Waals surface area contributed by atoms with Gasteiger partial charge in [-0.05, 0) is 26.9 Å². The average Bonchev–Trinajstić information content (AvgIpc) is 2.66. The first-order valence-corrected chi connectivity index (χ1v) is 6.16. The molecule has 0 saturated heterocycles. The molecule has 1 N–H and O–H groups in total. The zero-order valence-electron chi connectivity index (χ0n) is 11.5. The number of aliphatic hydroxyl groups is 1. The van der Waals surface area contributed by atoms with Gasteiger partial charge in [0.15, 0.2) is 0 Å². The van der Waals surface area contributed by atoms with E-state index in [-0.39, 0.29) is 5.54 Å². The lowest BCUT2D eigenvalue weighted by atomic mass is 9.83. The van der Waals surface area contributed by atoms with Crippen molar-refractivity contribution in [3.63, 3.8) is 0 Å². The molecule has 0 aliphatic carbocycles. The molecule has 0 bridgehead atoms. The summed E-state index contributed by atoms with van der Waals surface area (Å²) in [6.45, 7) is 4.23. The van der Waals surface area contributed by atoms with Crippen molar-refractivity contribution in [3.8, 4) is 0 Å². The molecule has 0 fully saturated rings. The zero-order valence-corrected chi connectivity index (χ0v) is 11.5. The molecule has 0 aromatic carbocycles. The highest BCUT2D eigenvalue weighted by Gasteiger charge is 2.37. The summed E-state index contributed by atoms with van der Waals surface area (Å²) in [5.41, 5.74) is -0.189. The van der Waals surface area contributed by atoms with Crippen molar-refractivity contribution in [1.82, 2.24) is 19.7 Å². The van der Waals surface area contributed by atoms with Crippen molar-refractivity contribution in [2.24, 2.45) is 7.05 Å². The van der Waals surface area contributed by atoms with E-state index in [9.17, 15) is 5.11 Å². The van der Waals surface area contributed by atoms with Crippen LogP contribution in [-0.2, 0) is 13.5 Å². The highest BCUT2D eigenvalue weighted by atomic mass is 16.3. The second-order valence-corrected chi connectivity index (χ2v) is 4.72. The third-order valence-electron chi connectivity index (χ3n) is 3.92. The lowest BCUT2D eigenvalue weighted by molar-refractivity contribution is -0.0140. The lowest BCUT2D eigenvalue weighted by Crippen LogP contribution is -2.53. The van der Waals surface area contributed by atoms with Gasteiger partial charge < -0.3 is 10.0 Å². The summed E-state index contributed by atoms with van der Waals surface area (Å²) in [6, 6.07) is 0. The number of nitrogens with zero attached hydrogens (tertiary/aromatic N) is 4. The van der Waals surface area contributed by atoms with Crippen LogP contribution < -0.4 is 0 Å². The molecule has 1 aromatic rings. The van der Waals surface area contributed by atoms with Gasteiger partial charge in [0.05, 0.1) is 6.10 Å². The predicted molar refractivity (Wildman–Crippen MR) is 67.7 cm³/mol. The second kappa shape index (κ2) is 5.60. The van der Waals surface area contributed by atoms with Gasteiger partial charge in [-0.3, -0.25) is 4.68 Å². The molecule has 1 rings (SSSR count). The Hall–Kier alpha value is -0.940. The summed E-state index contributed by atoms with van der Waals surface area (Å²) < 4.78 is 1.72. The van der Waals surface area contributed by atoms with Crippen molar-refractivity contribution in [3.05, 3.63) is 12.2 Å². The van der Waals surface area contributed by atoms with Crippen LogP contribution in [0.15, 0.2) is 6.33 Å². The molecule has 0 spiro atoms. The van der Waals surface area contributed by atoms with Crippen LogP contribution in [0.4, 0.5) is 0 Å². The first-order valence-electron chi connectivity index (χ1n) is 6.16. The third-order valence-corrected chi connectivity index (χ3v) is 3.92. The lowest BCUT2D eigenvalue weighted by Gasteiger charge is -2.42. The van der Waals surface area contributed by atoms with E-state index in [0.29, 0.717) is 6.42 Å². The van der Waals surface area contributed by atoms with E-state index in [0.717, 1.165) is 18.7 Å². The summed E-state index contributed by atoms with van der Waals surface area (Å²) in [6.07, 6.45) is 3.45. The summed E-state index contributed by atoms with van der Waals surface area (Å²) in [5.74, 6) is 0.825. The van der Waals surface area contributed by atoms with Gasteiger partial charge in [-0.25, -0.2) is 4.98 Å². The van der Waals surface area contributed by atoms with Crippen LogP contribution >= 0.6 is 0 Å². The summed E-state index contributed by atoms with van der Waals surface area (Å²) >= 11 is 0. The monoisotopic (exact) mass is 240 g/mol. The second-order valence-electron chi connectivity index (χ2n) is 4.72. The van der Waals surface area contributed by atoms with Crippen LogP contribution in [0.3, 0.4) is 0 Å². The van der Waals surface area contributed by atoms with Crippen molar-refractivity contribution in [1.29, 1.82) is 0 Å². The molecule has 0 saturated carbocycles. The number of hydrogen-bond acceptors (Lipinski definition) is 4. The summed E-state index contributed by atoms with van der Waals surface area (Å²) in [7, 11) is 5.89. The molecule has 1 heterocycles. The maximum absolute atomic E-state index is 10.5. The Kier molecular flexibility index (Phi) is 4.65. The Morgan fingerprint density at radius 1 is 1.41 bits per heavy atom. The first-order chi connectivity index (χ1) is 7.97. The molecule has 0 radical (unpaired) electrons. The van der Waals surface area contributed by atoms with Crippen LogP contribution in [0, 0.1) is 0 Å². The number of hydrogen-bond donors (Lipinski definition) is 1. The van der Waals surface area contributed by atoms with Gasteiger partial charge in [0.25, 0.3) is 0 Å². The fourth-order valence-corrected chi connectivity index (χ4v) is 2.52. The van der Waals surface area contributed by atoms with E-state index in [4.69, 9.17) is 0 Å². The Bertz CT molecular complexity index is 344. The smallest absolute Gasteiger partial charge is 0.138 e. The zero-order chi connectivity index (χ0) is 13.1. The minimum atomic E-state index is -0.435. The van der Waals surface area contributed by atoms with E-state index in [1.54, 1.807) is 4.68 Å². The number of likely N-dealkylation sites (N-methyl/N-ethyl adjacent to an activating group) is 1. The fraction of sp³-hybridized carbons (Fsp3) is 0.833. The number of rotatable bonds is 6. The molecule has 1 atom stereocenters. The Morgan fingerprint density at radius 3 is 2.35 bits per heavy atom. The molecule has 0 amide bonds. The summed E-state index contributed by atoms with van der Waals surface area (Å²) in [4.78, 5) is 6.29. The van der Waals surface area contributed by atoms with Gasteiger partial charge in [0.1, 0.15) is 12.2 Å². The Labute approximate surface area is 103 Å². The Morgan fingerprint density at radius 2 is 2.00 bits per heavy atom. The Balaban J connectivity index is 2.86. The van der Waals surface area contributed by atoms with Crippen LogP contribution in [0.1, 0.15) is 32.5 Å². The van der Waals surface area contributed by atoms with Gasteiger partial charge in [-0.2, -0.15) is 5.10 Å². The first kappa shape index (κ1) is 14.1. The molecule has 1 unspecified atom stereocenters. The van der Waals surface area contributed by atoms with E-state index in [1.165, 1.54) is 6.33 Å². The van der Waals surface area contributed by atoms with Gasteiger partial charge in [-0.15, -0.1) is 0 Å². The fourth-order valence-electron chi connectivity index (χ4n) is 2.52. The topological polar surface area (TPSA) is 54.2 Å². The molecule has 0 aliphatic heterocycles. The highest BCUT2D eigenvalue weighted by Crippen LogP contribution is 2.27. The molecule has 0 aliphatic rings. The number of aliphatic hydroxyl groups excluding tert-OH is 1. The number of aryl methyl sites for hydroxylation is 1. The normalized spacial score (nSPS) is 14.3. The van der Waals surface area contributed by atoms with Crippen molar-refractivity contribution in [2.75, 3.05) is 14.1 Å². The molecular weight excluding hydrogens is 216 g/mol. The van der Waals surface area contributed by atoms with Gasteiger partial charge in [0, 0.05) is 19.0 Å². The van der Waals surface area contributed by atoms with Crippen molar-refractivity contribution in [2.45, 2.75) is 44.8 Å². The maximum Gasteiger partial charge on any atom is 0.138 e. The minimum absolute atomic E-state index is 0.189. The van der Waals surface area contributed by atoms with E-state index >= 15 is 0 Å². The summed E-state index contributed by atoms with van der Waals surface area (Å²) in [5, 5.41) is 14.5. The quantitative estimate of drug-likeness (QED) is 0.800. The molecule has 5 heteroatoms. The predicted octanol–water partition coefficient (Wildman–Crippen LogP) is 0.839. The third kappa shape index (κ3) is 2.66. The van der Waals surface area contributed by atoms with Gasteiger partial charge in [0.2, 0.25) is 0 Å². The highest BCUT2D eigenvalue weighted by molar-refractivity contribution is 4.98. The van der Waals surface area contributed by atoms with Gasteiger partial charge >= 0.3 is 0 Å². The van der Waals surface area contributed by atoms with Crippen LogP contribution in [0.2, 0.25) is 0 Å².